The number of hydrogen-bond acceptors (Lipinski definition) is 1. The van der Waals surface area contributed by atoms with Gasteiger partial charge < -0.3 is 4.42 Å². The Hall–Kier alpha value is -5.66. The zero-order valence-electron chi connectivity index (χ0n) is 30.8. The second-order valence-electron chi connectivity index (χ2n) is 10.7. The van der Waals surface area contributed by atoms with Crippen molar-refractivity contribution in [2.45, 2.75) is 0 Å². The highest BCUT2D eigenvalue weighted by atomic mass is 16.3. The van der Waals surface area contributed by atoms with Gasteiger partial charge in [-0.05, 0) is 90.0 Å². The molecule has 0 atom stereocenters. The summed E-state index contributed by atoms with van der Waals surface area (Å²) in [5, 5.41) is 5.08. The van der Waals surface area contributed by atoms with Crippen molar-refractivity contribution in [1.29, 1.82) is 0 Å². The van der Waals surface area contributed by atoms with Gasteiger partial charge in [-0.15, -0.1) is 0 Å². The molecule has 1 aromatic heterocycles. The van der Waals surface area contributed by atoms with Crippen LogP contribution in [0, 0.1) is 0 Å². The Morgan fingerprint density at radius 2 is 0.860 bits per heavy atom. The average molecular weight is 555 g/mol. The average Bonchev–Trinajstić information content (AvgIpc) is 3.52. The summed E-state index contributed by atoms with van der Waals surface area (Å²) in [6.45, 7) is 0. The summed E-state index contributed by atoms with van der Waals surface area (Å²) in [6.07, 6.45) is 0. The molecule has 1 nitrogen and oxygen atoms in total. The maximum atomic E-state index is 9.12. The summed E-state index contributed by atoms with van der Waals surface area (Å²) in [5.41, 5.74) is 5.15. The van der Waals surface area contributed by atoms with E-state index in [4.69, 9.17) is 15.4 Å². The highest BCUT2D eigenvalue weighted by molar-refractivity contribution is 6.21. The van der Waals surface area contributed by atoms with Crippen LogP contribution in [0.15, 0.2) is 162 Å². The van der Waals surface area contributed by atoms with Gasteiger partial charge in [0.2, 0.25) is 0 Å². The number of benzene rings is 8. The lowest BCUT2D eigenvalue weighted by Gasteiger charge is -2.18. The summed E-state index contributed by atoms with van der Waals surface area (Å²) < 4.78 is 77.1. The third kappa shape index (κ3) is 3.79. The Kier molecular flexibility index (Phi) is 3.80. The molecule has 0 unspecified atom stereocenters. The first-order valence-corrected chi connectivity index (χ1v) is 14.1. The van der Waals surface area contributed by atoms with Crippen LogP contribution < -0.4 is 0 Å². The second kappa shape index (κ2) is 9.44. The van der Waals surface area contributed by atoms with Crippen LogP contribution in [0.3, 0.4) is 0 Å². The van der Waals surface area contributed by atoms with E-state index < -0.39 is 24.2 Å². The molecule has 0 aliphatic rings. The van der Waals surface area contributed by atoms with Gasteiger partial charge in [-0.3, -0.25) is 0 Å². The molecule has 43 heavy (non-hydrogen) atoms. The molecule has 0 fully saturated rings. The van der Waals surface area contributed by atoms with Gasteiger partial charge in [-0.1, -0.05) is 133 Å². The van der Waals surface area contributed by atoms with E-state index in [1.807, 2.05) is 54.6 Å². The topological polar surface area (TPSA) is 13.1 Å². The van der Waals surface area contributed by atoms with Crippen LogP contribution >= 0.6 is 0 Å². The molecular formula is C42H26O. The van der Waals surface area contributed by atoms with Crippen LogP contribution in [0.4, 0.5) is 0 Å². The van der Waals surface area contributed by atoms with Crippen molar-refractivity contribution < 1.29 is 15.4 Å². The Bertz CT molecular complexity index is 2850. The van der Waals surface area contributed by atoms with Crippen LogP contribution in [0.1, 0.15) is 11.0 Å². The molecule has 0 aliphatic heterocycles. The third-order valence-electron chi connectivity index (χ3n) is 8.28. The van der Waals surface area contributed by atoms with E-state index in [1.165, 1.54) is 0 Å². The molecule has 0 aliphatic carbocycles. The molecule has 8 aromatic carbocycles. The van der Waals surface area contributed by atoms with Crippen molar-refractivity contribution in [2.75, 3.05) is 0 Å². The van der Waals surface area contributed by atoms with Gasteiger partial charge in [0.1, 0.15) is 11.2 Å². The maximum Gasteiger partial charge on any atom is 0.136 e. The van der Waals surface area contributed by atoms with Crippen molar-refractivity contribution in [3.05, 3.63) is 158 Å². The molecule has 9 rings (SSSR count). The van der Waals surface area contributed by atoms with E-state index in [-0.39, 0.29) is 45.7 Å². The van der Waals surface area contributed by atoms with Crippen molar-refractivity contribution >= 4 is 54.3 Å². The lowest BCUT2D eigenvalue weighted by molar-refractivity contribution is 0.669. The lowest BCUT2D eigenvalue weighted by atomic mass is 9.86. The van der Waals surface area contributed by atoms with Gasteiger partial charge in [-0.25, -0.2) is 0 Å². The molecule has 200 valence electrons. The molecule has 0 saturated heterocycles. The minimum atomic E-state index is -0.420. The van der Waals surface area contributed by atoms with E-state index in [0.29, 0.717) is 22.3 Å². The summed E-state index contributed by atoms with van der Waals surface area (Å²) in [7, 11) is 0. The smallest absolute Gasteiger partial charge is 0.136 e. The normalized spacial score (nSPS) is 14.3. The highest BCUT2D eigenvalue weighted by Crippen LogP contribution is 2.44. The fraction of sp³-hybridized carbons (Fsp3) is 0. The van der Waals surface area contributed by atoms with Gasteiger partial charge in [0.05, 0.1) is 11.0 Å². The largest absolute Gasteiger partial charge is 0.456 e. The predicted molar refractivity (Wildman–Crippen MR) is 183 cm³/mol. The fourth-order valence-electron chi connectivity index (χ4n) is 6.28. The van der Waals surface area contributed by atoms with Crippen LogP contribution in [0.25, 0.3) is 87.6 Å². The minimum absolute atomic E-state index is 0.196. The summed E-state index contributed by atoms with van der Waals surface area (Å²) >= 11 is 0. The van der Waals surface area contributed by atoms with Crippen molar-refractivity contribution in [2.24, 2.45) is 0 Å². The number of furan rings is 1. The molecule has 1 heterocycles. The first-order chi connectivity index (χ1) is 24.6. The van der Waals surface area contributed by atoms with E-state index in [9.17, 15) is 0 Å². The zero-order valence-corrected chi connectivity index (χ0v) is 22.8. The van der Waals surface area contributed by atoms with E-state index in [0.717, 1.165) is 43.8 Å². The van der Waals surface area contributed by atoms with E-state index in [1.54, 1.807) is 24.3 Å². The number of fused-ring (bicyclic) bond motifs is 6. The predicted octanol–water partition coefficient (Wildman–Crippen LogP) is 12.0. The van der Waals surface area contributed by atoms with Crippen LogP contribution in [0.5, 0.6) is 0 Å². The van der Waals surface area contributed by atoms with E-state index in [2.05, 4.69) is 30.3 Å². The van der Waals surface area contributed by atoms with Gasteiger partial charge in [0.25, 0.3) is 0 Å². The summed E-state index contributed by atoms with van der Waals surface area (Å²) in [5.74, 6) is 0. The van der Waals surface area contributed by atoms with Crippen molar-refractivity contribution in [3.63, 3.8) is 0 Å². The molecule has 0 saturated carbocycles. The minimum Gasteiger partial charge on any atom is -0.456 e. The van der Waals surface area contributed by atoms with Gasteiger partial charge >= 0.3 is 0 Å². The highest BCUT2D eigenvalue weighted by Gasteiger charge is 2.16. The summed E-state index contributed by atoms with van der Waals surface area (Å²) in [6, 6.07) is 32.2. The quantitative estimate of drug-likeness (QED) is 0.198. The van der Waals surface area contributed by atoms with Crippen LogP contribution in [-0.4, -0.2) is 0 Å². The number of hydrogen-bond donors (Lipinski definition) is 0. The van der Waals surface area contributed by atoms with E-state index >= 15 is 0 Å². The monoisotopic (exact) mass is 554 g/mol. The lowest BCUT2D eigenvalue weighted by Crippen LogP contribution is -1.90. The molecular weight excluding hydrogens is 520 g/mol. The molecule has 0 spiro atoms. The molecule has 0 radical (unpaired) electrons. The Balaban J connectivity index is 1.31. The fourth-order valence-corrected chi connectivity index (χ4v) is 6.28. The maximum absolute atomic E-state index is 9.12. The molecule has 9 aromatic rings. The first-order valence-electron chi connectivity index (χ1n) is 18.1. The number of rotatable bonds is 3. The van der Waals surface area contributed by atoms with Crippen LogP contribution in [0.2, 0.25) is 0 Å². The third-order valence-corrected chi connectivity index (χ3v) is 8.28. The molecule has 0 bridgehead atoms. The molecule has 0 amide bonds. The SMILES string of the molecule is [2H]c1c([2H])c([2H])c2c(-c3ccc(-c4ccc5c(c4)oc4cc6ccccc6cc45)cc3)c3c([2H])c([2H])c([2H])c([2H])c3c(-c3ccccc3)c2c1[2H]. The molecule has 0 N–H and O–H groups in total. The zero-order chi connectivity index (χ0) is 35.3. The summed E-state index contributed by atoms with van der Waals surface area (Å²) in [4.78, 5) is 0. The first kappa shape index (κ1) is 17.3. The van der Waals surface area contributed by atoms with Gasteiger partial charge in [0.15, 0.2) is 0 Å². The van der Waals surface area contributed by atoms with Crippen molar-refractivity contribution in [1.82, 2.24) is 0 Å². The Morgan fingerprint density at radius 1 is 0.372 bits per heavy atom. The van der Waals surface area contributed by atoms with Crippen molar-refractivity contribution in [3.8, 4) is 33.4 Å². The van der Waals surface area contributed by atoms with Crippen LogP contribution in [-0.2, 0) is 0 Å². The Labute approximate surface area is 260 Å². The Morgan fingerprint density at radius 3 is 1.49 bits per heavy atom. The molecule has 1 heteroatoms. The van der Waals surface area contributed by atoms with Gasteiger partial charge in [-0.2, -0.15) is 0 Å². The van der Waals surface area contributed by atoms with Gasteiger partial charge in [0, 0.05) is 10.8 Å². The second-order valence-corrected chi connectivity index (χ2v) is 10.7. The standard InChI is InChI=1S/C42H26O/c1-2-10-28(11-3-1)41-34-14-6-8-16-36(34)42(37-17-9-7-15-35(37)41)29-20-18-27(19-21-29)32-22-23-33-38-24-30-12-4-5-13-31(30)25-40(38)43-39(33)26-32/h1-26H/i6D,7D,8D,9D,14D,15D,16D,17D.